The van der Waals surface area contributed by atoms with E-state index in [0.29, 0.717) is 12.8 Å². The van der Waals surface area contributed by atoms with Gasteiger partial charge in [-0.2, -0.15) is 13.2 Å². The zero-order valence-corrected chi connectivity index (χ0v) is 10.9. The molecule has 2 rings (SSSR count). The number of rotatable bonds is 4. The molecule has 0 unspecified atom stereocenters. The molecule has 0 bridgehead atoms. The first-order valence-corrected chi connectivity index (χ1v) is 6.13. The smallest absolute Gasteiger partial charge is 0.405 e. The van der Waals surface area contributed by atoms with Crippen molar-refractivity contribution in [2.45, 2.75) is 25.1 Å². The van der Waals surface area contributed by atoms with Gasteiger partial charge < -0.3 is 15.4 Å². The number of hydrogen-bond donors (Lipinski definition) is 1. The van der Waals surface area contributed by atoms with Gasteiger partial charge in [-0.1, -0.05) is 0 Å². The molecule has 0 saturated heterocycles. The number of alkyl halides is 3. The van der Waals surface area contributed by atoms with Crippen LogP contribution in [0.4, 0.5) is 24.5 Å². The van der Waals surface area contributed by atoms with E-state index >= 15 is 0 Å². The van der Waals surface area contributed by atoms with Gasteiger partial charge in [0.15, 0.2) is 0 Å². The SMILES string of the molecule is COC(=O)c1ccc(N)c(N(CC(F)(F)F)C2CC2)c1. The van der Waals surface area contributed by atoms with Gasteiger partial charge in [-0.3, -0.25) is 0 Å². The summed E-state index contributed by atoms with van der Waals surface area (Å²) in [6, 6.07) is 4.04. The number of nitrogens with zero attached hydrogens (tertiary/aromatic N) is 1. The third kappa shape index (κ3) is 3.34. The first-order valence-electron chi connectivity index (χ1n) is 6.13. The fraction of sp³-hybridized carbons (Fsp3) is 0.462. The predicted octanol–water partition coefficient (Wildman–Crippen LogP) is 2.59. The Morgan fingerprint density at radius 1 is 1.45 bits per heavy atom. The predicted molar refractivity (Wildman–Crippen MR) is 68.6 cm³/mol. The second kappa shape index (κ2) is 5.22. The zero-order valence-electron chi connectivity index (χ0n) is 10.9. The van der Waals surface area contributed by atoms with Crippen molar-refractivity contribution < 1.29 is 22.7 Å². The molecular formula is C13H15F3N2O2. The Bertz CT molecular complexity index is 513. The second-order valence-corrected chi connectivity index (χ2v) is 4.74. The number of nitrogens with two attached hydrogens (primary N) is 1. The Kier molecular flexibility index (Phi) is 3.78. The van der Waals surface area contributed by atoms with Crippen LogP contribution >= 0.6 is 0 Å². The average Bonchev–Trinajstić information content (AvgIpc) is 3.19. The third-order valence-corrected chi connectivity index (χ3v) is 3.10. The zero-order chi connectivity index (χ0) is 14.9. The number of nitrogen functional groups attached to an aromatic ring is 1. The average molecular weight is 288 g/mol. The van der Waals surface area contributed by atoms with Crippen molar-refractivity contribution in [1.29, 1.82) is 0 Å². The van der Waals surface area contributed by atoms with Gasteiger partial charge in [-0.25, -0.2) is 4.79 Å². The minimum atomic E-state index is -4.32. The van der Waals surface area contributed by atoms with Crippen LogP contribution in [0.25, 0.3) is 0 Å². The summed E-state index contributed by atoms with van der Waals surface area (Å²) < 4.78 is 42.6. The van der Waals surface area contributed by atoms with Crippen LogP contribution in [0.5, 0.6) is 0 Å². The summed E-state index contributed by atoms with van der Waals surface area (Å²) in [5, 5.41) is 0. The van der Waals surface area contributed by atoms with E-state index in [0.717, 1.165) is 0 Å². The Balaban J connectivity index is 2.34. The molecule has 1 saturated carbocycles. The highest BCUT2D eigenvalue weighted by atomic mass is 19.4. The van der Waals surface area contributed by atoms with Crippen LogP contribution in [0, 0.1) is 0 Å². The molecule has 1 aliphatic rings. The van der Waals surface area contributed by atoms with Gasteiger partial charge in [0.2, 0.25) is 0 Å². The number of carbonyl (C=O) groups excluding carboxylic acids is 1. The van der Waals surface area contributed by atoms with Crippen molar-refractivity contribution in [3.05, 3.63) is 23.8 Å². The number of ether oxygens (including phenoxy) is 1. The molecule has 0 amide bonds. The summed E-state index contributed by atoms with van der Waals surface area (Å²) in [6.45, 7) is -1.08. The minimum absolute atomic E-state index is 0.174. The highest BCUT2D eigenvalue weighted by molar-refractivity contribution is 5.92. The van der Waals surface area contributed by atoms with Gasteiger partial charge in [-0.15, -0.1) is 0 Å². The van der Waals surface area contributed by atoms with E-state index in [-0.39, 0.29) is 23.0 Å². The normalized spacial score (nSPS) is 15.0. The molecule has 0 aliphatic heterocycles. The minimum Gasteiger partial charge on any atom is -0.465 e. The maximum atomic E-state index is 12.7. The fourth-order valence-electron chi connectivity index (χ4n) is 2.03. The first kappa shape index (κ1) is 14.5. The van der Waals surface area contributed by atoms with E-state index < -0.39 is 18.7 Å². The number of benzene rings is 1. The molecule has 1 aromatic carbocycles. The van der Waals surface area contributed by atoms with Crippen LogP contribution in [-0.4, -0.2) is 31.8 Å². The molecule has 0 atom stereocenters. The Labute approximate surface area is 114 Å². The van der Waals surface area contributed by atoms with E-state index in [1.54, 1.807) is 0 Å². The van der Waals surface area contributed by atoms with Gasteiger partial charge in [0.25, 0.3) is 0 Å². The van der Waals surface area contributed by atoms with E-state index in [9.17, 15) is 18.0 Å². The van der Waals surface area contributed by atoms with Crippen molar-refractivity contribution >= 4 is 17.3 Å². The highest BCUT2D eigenvalue weighted by Gasteiger charge is 2.39. The van der Waals surface area contributed by atoms with E-state index in [1.807, 2.05) is 0 Å². The number of carbonyl (C=O) groups is 1. The molecule has 0 aromatic heterocycles. The Morgan fingerprint density at radius 2 is 2.10 bits per heavy atom. The molecular weight excluding hydrogens is 273 g/mol. The number of anilines is 2. The lowest BCUT2D eigenvalue weighted by molar-refractivity contribution is -0.119. The largest absolute Gasteiger partial charge is 0.465 e. The third-order valence-electron chi connectivity index (χ3n) is 3.10. The van der Waals surface area contributed by atoms with Gasteiger partial charge in [-0.05, 0) is 31.0 Å². The summed E-state index contributed by atoms with van der Waals surface area (Å²) in [6.07, 6.45) is -2.94. The highest BCUT2D eigenvalue weighted by Crippen LogP contribution is 2.37. The number of halogens is 3. The number of esters is 1. The fourth-order valence-corrected chi connectivity index (χ4v) is 2.03. The molecule has 1 aliphatic carbocycles. The molecule has 1 fully saturated rings. The maximum Gasteiger partial charge on any atom is 0.405 e. The van der Waals surface area contributed by atoms with Crippen molar-refractivity contribution in [2.24, 2.45) is 0 Å². The van der Waals surface area contributed by atoms with E-state index in [4.69, 9.17) is 5.73 Å². The summed E-state index contributed by atoms with van der Waals surface area (Å²) >= 11 is 0. The lowest BCUT2D eigenvalue weighted by Gasteiger charge is -2.27. The summed E-state index contributed by atoms with van der Waals surface area (Å²) in [4.78, 5) is 12.7. The van der Waals surface area contributed by atoms with Crippen LogP contribution in [0.15, 0.2) is 18.2 Å². The molecule has 20 heavy (non-hydrogen) atoms. The van der Waals surface area contributed by atoms with Gasteiger partial charge in [0.05, 0.1) is 24.0 Å². The standard InChI is InChI=1S/C13H15F3N2O2/c1-20-12(19)8-2-5-10(17)11(6-8)18(9-3-4-9)7-13(14,15)16/h2,5-6,9H,3-4,7,17H2,1H3. The van der Waals surface area contributed by atoms with Crippen molar-refractivity contribution in [2.75, 3.05) is 24.3 Å². The first-order chi connectivity index (χ1) is 9.31. The quantitative estimate of drug-likeness (QED) is 0.683. The van der Waals surface area contributed by atoms with Crippen molar-refractivity contribution in [3.8, 4) is 0 Å². The Hall–Kier alpha value is -1.92. The van der Waals surface area contributed by atoms with Crippen molar-refractivity contribution in [3.63, 3.8) is 0 Å². The lowest BCUT2D eigenvalue weighted by atomic mass is 10.1. The molecule has 1 aromatic rings. The lowest BCUT2D eigenvalue weighted by Crippen LogP contribution is -2.36. The van der Waals surface area contributed by atoms with E-state index in [2.05, 4.69) is 4.74 Å². The number of hydrogen-bond acceptors (Lipinski definition) is 4. The summed E-state index contributed by atoms with van der Waals surface area (Å²) in [5.74, 6) is -0.603. The Morgan fingerprint density at radius 3 is 2.60 bits per heavy atom. The van der Waals surface area contributed by atoms with Gasteiger partial charge in [0, 0.05) is 6.04 Å². The molecule has 110 valence electrons. The van der Waals surface area contributed by atoms with Gasteiger partial charge >= 0.3 is 12.1 Å². The molecule has 7 heteroatoms. The van der Waals surface area contributed by atoms with Crippen LogP contribution in [-0.2, 0) is 4.74 Å². The van der Waals surface area contributed by atoms with Crippen LogP contribution in [0.3, 0.4) is 0 Å². The molecule has 0 heterocycles. The summed E-state index contributed by atoms with van der Waals surface area (Å²) in [7, 11) is 1.22. The monoisotopic (exact) mass is 288 g/mol. The van der Waals surface area contributed by atoms with Crippen LogP contribution < -0.4 is 10.6 Å². The molecule has 2 N–H and O–H groups in total. The maximum absolute atomic E-state index is 12.7. The van der Waals surface area contributed by atoms with Gasteiger partial charge in [0.1, 0.15) is 6.54 Å². The second-order valence-electron chi connectivity index (χ2n) is 4.74. The van der Waals surface area contributed by atoms with Crippen molar-refractivity contribution in [1.82, 2.24) is 0 Å². The van der Waals surface area contributed by atoms with Crippen LogP contribution in [0.1, 0.15) is 23.2 Å². The number of methoxy groups -OCH3 is 1. The molecule has 0 spiro atoms. The van der Waals surface area contributed by atoms with E-state index in [1.165, 1.54) is 30.2 Å². The summed E-state index contributed by atoms with van der Waals surface area (Å²) in [5.41, 5.74) is 6.39. The molecule has 0 radical (unpaired) electrons. The van der Waals surface area contributed by atoms with Crippen LogP contribution in [0.2, 0.25) is 0 Å². The topological polar surface area (TPSA) is 55.6 Å². The molecule has 4 nitrogen and oxygen atoms in total.